The molecule has 0 aromatic carbocycles. The van der Waals surface area contributed by atoms with Crippen molar-refractivity contribution < 1.29 is 10.0 Å². The van der Waals surface area contributed by atoms with Crippen LogP contribution < -0.4 is 5.90 Å². The largest absolute Gasteiger partial charge is 0.393 e. The van der Waals surface area contributed by atoms with Crippen molar-refractivity contribution in [2.45, 2.75) is 57.7 Å². The lowest BCUT2D eigenvalue weighted by atomic mass is 9.80. The van der Waals surface area contributed by atoms with Gasteiger partial charge in [0.15, 0.2) is 0 Å². The van der Waals surface area contributed by atoms with Crippen LogP contribution >= 0.6 is 0 Å². The fourth-order valence-electron chi connectivity index (χ4n) is 2.50. The molecule has 1 aliphatic heterocycles. The highest BCUT2D eigenvalue weighted by atomic mass is 16.8. The molecule has 1 saturated heterocycles. The number of nitrogens with two attached hydrogens (primary N) is 1. The Balaban J connectivity index is 2.88. The van der Waals surface area contributed by atoms with Gasteiger partial charge >= 0.3 is 0 Å². The fourth-order valence-corrected chi connectivity index (χ4v) is 2.50. The molecular weight excluding hydrogens is 168 g/mol. The molecule has 4 heteroatoms. The number of aliphatic hydroxyl groups is 1. The maximum Gasteiger partial charge on any atom is 0.0576 e. The average molecular weight is 188 g/mol. The van der Waals surface area contributed by atoms with Crippen LogP contribution in [-0.4, -0.2) is 27.4 Å². The Morgan fingerprint density at radius 1 is 1.23 bits per heavy atom. The maximum absolute atomic E-state index is 9.67. The van der Waals surface area contributed by atoms with Crippen molar-refractivity contribution >= 4 is 0 Å². The zero-order valence-electron chi connectivity index (χ0n) is 8.87. The van der Waals surface area contributed by atoms with Gasteiger partial charge < -0.3 is 5.11 Å². The molecular formula is C9H20N2O2. The molecule has 0 aliphatic carbocycles. The minimum absolute atomic E-state index is 0.212. The summed E-state index contributed by atoms with van der Waals surface area (Å²) >= 11 is 0. The van der Waals surface area contributed by atoms with Crippen LogP contribution in [0.15, 0.2) is 0 Å². The van der Waals surface area contributed by atoms with E-state index in [0.717, 1.165) is 0 Å². The highest BCUT2D eigenvalue weighted by molar-refractivity contribution is 4.96. The molecule has 3 N–H and O–H groups in total. The highest BCUT2D eigenvalue weighted by Gasteiger charge is 2.46. The first-order chi connectivity index (χ1) is 5.79. The number of hydroxylamine groups is 2. The van der Waals surface area contributed by atoms with Gasteiger partial charge in [0.2, 0.25) is 0 Å². The summed E-state index contributed by atoms with van der Waals surface area (Å²) in [4.78, 5) is 4.89. The van der Waals surface area contributed by atoms with Crippen molar-refractivity contribution in [2.24, 2.45) is 5.90 Å². The minimum atomic E-state index is -0.267. The van der Waals surface area contributed by atoms with E-state index in [9.17, 15) is 5.11 Å². The molecule has 1 rings (SSSR count). The second kappa shape index (κ2) is 3.20. The molecule has 0 aromatic heterocycles. The van der Waals surface area contributed by atoms with E-state index in [1.165, 1.54) is 0 Å². The Morgan fingerprint density at radius 2 is 1.62 bits per heavy atom. The molecule has 0 atom stereocenters. The van der Waals surface area contributed by atoms with Crippen LogP contribution in [0.2, 0.25) is 0 Å². The van der Waals surface area contributed by atoms with Gasteiger partial charge in [0.05, 0.1) is 6.10 Å². The van der Waals surface area contributed by atoms with Gasteiger partial charge in [-0.2, -0.15) is 11.0 Å². The summed E-state index contributed by atoms with van der Waals surface area (Å²) < 4.78 is 0. The van der Waals surface area contributed by atoms with Gasteiger partial charge in [-0.3, -0.25) is 0 Å². The van der Waals surface area contributed by atoms with Crippen LogP contribution in [0.5, 0.6) is 0 Å². The summed E-state index contributed by atoms with van der Waals surface area (Å²) in [6, 6.07) is 0. The van der Waals surface area contributed by atoms with Crippen LogP contribution in [0.1, 0.15) is 40.5 Å². The second-order valence-corrected chi connectivity index (χ2v) is 5.09. The minimum Gasteiger partial charge on any atom is -0.393 e. The second-order valence-electron chi connectivity index (χ2n) is 5.09. The van der Waals surface area contributed by atoms with Crippen LogP contribution in [0.25, 0.3) is 0 Å². The summed E-state index contributed by atoms with van der Waals surface area (Å²) in [6.45, 7) is 8.07. The Hall–Kier alpha value is -0.160. The fraction of sp³-hybridized carbons (Fsp3) is 1.00. The first kappa shape index (κ1) is 10.9. The number of rotatable bonds is 1. The van der Waals surface area contributed by atoms with E-state index in [-0.39, 0.29) is 17.2 Å². The third kappa shape index (κ3) is 2.02. The number of aliphatic hydroxyl groups excluding tert-OH is 1. The lowest BCUT2D eigenvalue weighted by Crippen LogP contribution is -2.62. The predicted octanol–water partition coefficient (Wildman–Crippen LogP) is 0.806. The van der Waals surface area contributed by atoms with E-state index < -0.39 is 0 Å². The Morgan fingerprint density at radius 3 is 1.92 bits per heavy atom. The average Bonchev–Trinajstić information content (AvgIpc) is 1.79. The molecule has 0 amide bonds. The van der Waals surface area contributed by atoms with E-state index in [2.05, 4.69) is 0 Å². The summed E-state index contributed by atoms with van der Waals surface area (Å²) in [5, 5.41) is 11.4. The third-order valence-corrected chi connectivity index (χ3v) is 2.68. The maximum atomic E-state index is 9.67. The van der Waals surface area contributed by atoms with Crippen LogP contribution in [0.3, 0.4) is 0 Å². The van der Waals surface area contributed by atoms with E-state index in [0.29, 0.717) is 12.8 Å². The van der Waals surface area contributed by atoms with Gasteiger partial charge in [0.25, 0.3) is 0 Å². The van der Waals surface area contributed by atoms with Crippen molar-refractivity contribution in [1.29, 1.82) is 0 Å². The SMILES string of the molecule is CC1(C)CC(O)CC(C)(C)N1ON. The standard InChI is InChI=1S/C9H20N2O2/c1-8(2)5-7(12)6-9(3,4)11(8)13-10/h7,12H,5-6,10H2,1-4H3. The molecule has 78 valence electrons. The molecule has 0 saturated carbocycles. The molecule has 0 spiro atoms. The van der Waals surface area contributed by atoms with Gasteiger partial charge in [-0.1, -0.05) is 0 Å². The number of nitrogens with zero attached hydrogens (tertiary/aromatic N) is 1. The molecule has 1 aliphatic rings. The van der Waals surface area contributed by atoms with Crippen molar-refractivity contribution in [3.63, 3.8) is 0 Å². The number of piperidine rings is 1. The summed E-state index contributed by atoms with van der Waals surface area (Å²) in [5.74, 6) is 5.24. The van der Waals surface area contributed by atoms with E-state index in [1.807, 2.05) is 27.7 Å². The summed E-state index contributed by atoms with van der Waals surface area (Å²) in [5.41, 5.74) is -0.425. The van der Waals surface area contributed by atoms with Gasteiger partial charge in [0.1, 0.15) is 0 Å². The Labute approximate surface area is 79.6 Å². The molecule has 0 radical (unpaired) electrons. The van der Waals surface area contributed by atoms with Crippen molar-refractivity contribution in [1.82, 2.24) is 5.06 Å². The Bertz CT molecular complexity index is 174. The molecule has 1 heterocycles. The topological polar surface area (TPSA) is 58.7 Å². The monoisotopic (exact) mass is 188 g/mol. The zero-order chi connectivity index (χ0) is 10.3. The zero-order valence-corrected chi connectivity index (χ0v) is 8.87. The molecule has 13 heavy (non-hydrogen) atoms. The number of hydrogen-bond donors (Lipinski definition) is 2. The van der Waals surface area contributed by atoms with Gasteiger partial charge in [-0.05, 0) is 40.5 Å². The van der Waals surface area contributed by atoms with Crippen molar-refractivity contribution in [2.75, 3.05) is 0 Å². The van der Waals surface area contributed by atoms with E-state index >= 15 is 0 Å². The lowest BCUT2D eigenvalue weighted by Gasteiger charge is -2.51. The molecule has 0 bridgehead atoms. The molecule has 0 aromatic rings. The van der Waals surface area contributed by atoms with Crippen LogP contribution in [0.4, 0.5) is 0 Å². The lowest BCUT2D eigenvalue weighted by molar-refractivity contribution is -0.295. The van der Waals surface area contributed by atoms with E-state index in [1.54, 1.807) is 5.06 Å². The molecule has 0 unspecified atom stereocenters. The predicted molar refractivity (Wildman–Crippen MR) is 50.5 cm³/mol. The molecule has 4 nitrogen and oxygen atoms in total. The van der Waals surface area contributed by atoms with Crippen molar-refractivity contribution in [3.05, 3.63) is 0 Å². The van der Waals surface area contributed by atoms with Crippen molar-refractivity contribution in [3.8, 4) is 0 Å². The third-order valence-electron chi connectivity index (χ3n) is 2.68. The normalized spacial score (nSPS) is 29.1. The quantitative estimate of drug-likeness (QED) is 0.598. The van der Waals surface area contributed by atoms with Gasteiger partial charge in [-0.25, -0.2) is 4.94 Å². The first-order valence-corrected chi connectivity index (χ1v) is 4.65. The smallest absolute Gasteiger partial charge is 0.0576 e. The summed E-state index contributed by atoms with van der Waals surface area (Å²) in [6.07, 6.45) is 1.11. The van der Waals surface area contributed by atoms with Gasteiger partial charge in [-0.15, -0.1) is 0 Å². The van der Waals surface area contributed by atoms with Crippen LogP contribution in [-0.2, 0) is 4.94 Å². The van der Waals surface area contributed by atoms with E-state index in [4.69, 9.17) is 10.8 Å². The first-order valence-electron chi connectivity index (χ1n) is 4.65. The molecule has 1 fully saturated rings. The van der Waals surface area contributed by atoms with Crippen LogP contribution in [0, 0.1) is 0 Å². The van der Waals surface area contributed by atoms with Gasteiger partial charge in [0, 0.05) is 11.1 Å². The number of hydrogen-bond acceptors (Lipinski definition) is 4. The summed E-state index contributed by atoms with van der Waals surface area (Å²) in [7, 11) is 0. The Kier molecular flexibility index (Phi) is 2.69. The highest BCUT2D eigenvalue weighted by Crippen LogP contribution is 2.37.